The number of amides is 1. The summed E-state index contributed by atoms with van der Waals surface area (Å²) in [5.74, 6) is 1.12. The Bertz CT molecular complexity index is 715. The van der Waals surface area contributed by atoms with Crippen molar-refractivity contribution in [3.63, 3.8) is 0 Å². The molecule has 128 valence electrons. The first kappa shape index (κ1) is 16.7. The molecule has 0 atom stereocenters. The predicted octanol–water partition coefficient (Wildman–Crippen LogP) is 3.30. The van der Waals surface area contributed by atoms with Crippen LogP contribution in [0.5, 0.6) is 0 Å². The number of hydrogen-bond donors (Lipinski definition) is 2. The van der Waals surface area contributed by atoms with E-state index in [1.807, 2.05) is 36.7 Å². The summed E-state index contributed by atoms with van der Waals surface area (Å²) < 4.78 is 2.12. The van der Waals surface area contributed by atoms with Crippen molar-refractivity contribution in [1.29, 1.82) is 0 Å². The maximum absolute atomic E-state index is 12.3. The Morgan fingerprint density at radius 2 is 2.12 bits per heavy atom. The Kier molecular flexibility index (Phi) is 4.71. The maximum Gasteiger partial charge on any atom is 0.256 e. The number of carbonyl (C=O) groups is 1. The van der Waals surface area contributed by atoms with Crippen LogP contribution in [0, 0.1) is 0 Å². The molecule has 0 aliphatic heterocycles. The fourth-order valence-electron chi connectivity index (χ4n) is 3.33. The van der Waals surface area contributed by atoms with Gasteiger partial charge in [-0.3, -0.25) is 4.79 Å². The lowest BCUT2D eigenvalue weighted by atomic mass is 10.0. The predicted molar refractivity (Wildman–Crippen MR) is 93.9 cm³/mol. The van der Waals surface area contributed by atoms with E-state index in [-0.39, 0.29) is 5.91 Å². The van der Waals surface area contributed by atoms with Gasteiger partial charge >= 0.3 is 0 Å². The molecule has 1 fully saturated rings. The number of benzene rings is 1. The van der Waals surface area contributed by atoms with Gasteiger partial charge in [0.2, 0.25) is 0 Å². The van der Waals surface area contributed by atoms with Crippen LogP contribution in [0.3, 0.4) is 0 Å². The molecule has 0 saturated heterocycles. The van der Waals surface area contributed by atoms with E-state index >= 15 is 0 Å². The molecule has 1 heterocycles. The summed E-state index contributed by atoms with van der Waals surface area (Å²) in [6.07, 6.45) is 6.69. The minimum Gasteiger partial charge on any atom is -0.380 e. The van der Waals surface area contributed by atoms with E-state index in [1.54, 1.807) is 0 Å². The van der Waals surface area contributed by atoms with E-state index in [9.17, 15) is 9.90 Å². The molecule has 1 saturated carbocycles. The van der Waals surface area contributed by atoms with Crippen molar-refractivity contribution in [1.82, 2.24) is 9.55 Å². The molecule has 0 unspecified atom stereocenters. The van der Waals surface area contributed by atoms with Crippen molar-refractivity contribution < 1.29 is 9.90 Å². The lowest BCUT2D eigenvalue weighted by Gasteiger charge is -2.21. The summed E-state index contributed by atoms with van der Waals surface area (Å²) >= 11 is 0. The Balaban J connectivity index is 1.72. The third-order valence-electron chi connectivity index (χ3n) is 4.66. The van der Waals surface area contributed by atoms with Crippen LogP contribution in [-0.4, -0.2) is 26.2 Å². The molecule has 0 spiro atoms. The molecule has 2 N–H and O–H groups in total. The van der Waals surface area contributed by atoms with Crippen LogP contribution in [0.4, 0.5) is 5.69 Å². The summed E-state index contributed by atoms with van der Waals surface area (Å²) in [5.41, 5.74) is 0.612. The molecule has 1 aliphatic rings. The van der Waals surface area contributed by atoms with Crippen LogP contribution >= 0.6 is 0 Å². The molecule has 0 radical (unpaired) electrons. The lowest BCUT2D eigenvalue weighted by Crippen LogP contribution is -2.40. The Hall–Kier alpha value is -2.14. The van der Waals surface area contributed by atoms with E-state index in [2.05, 4.69) is 28.7 Å². The number of hydrogen-bond acceptors (Lipinski definition) is 3. The number of aliphatic hydroxyl groups is 1. The fraction of sp³-hybridized carbons (Fsp3) is 0.474. The summed E-state index contributed by atoms with van der Waals surface area (Å²) in [6, 6.07) is 7.77. The van der Waals surface area contributed by atoms with Gasteiger partial charge in [-0.1, -0.05) is 26.0 Å². The SMILES string of the molecule is CC(C)c1nccn1Cc1cccc(NC(=O)C2(O)CCCC2)c1. The zero-order valence-electron chi connectivity index (χ0n) is 14.3. The molecule has 0 bridgehead atoms. The zero-order valence-corrected chi connectivity index (χ0v) is 14.3. The fourth-order valence-corrected chi connectivity index (χ4v) is 3.33. The van der Waals surface area contributed by atoms with E-state index in [1.165, 1.54) is 0 Å². The van der Waals surface area contributed by atoms with Crippen LogP contribution in [0.15, 0.2) is 36.7 Å². The first-order valence-electron chi connectivity index (χ1n) is 8.62. The number of aromatic nitrogens is 2. The van der Waals surface area contributed by atoms with Gasteiger partial charge in [0.25, 0.3) is 5.91 Å². The van der Waals surface area contributed by atoms with Crippen molar-refractivity contribution in [3.8, 4) is 0 Å². The number of nitrogens with one attached hydrogen (secondary N) is 1. The minimum absolute atomic E-state index is 0.289. The van der Waals surface area contributed by atoms with Gasteiger partial charge in [-0.2, -0.15) is 0 Å². The van der Waals surface area contributed by atoms with E-state index in [4.69, 9.17) is 0 Å². The highest BCUT2D eigenvalue weighted by Gasteiger charge is 2.38. The third-order valence-corrected chi connectivity index (χ3v) is 4.66. The van der Waals surface area contributed by atoms with Gasteiger partial charge in [0.05, 0.1) is 0 Å². The minimum atomic E-state index is -1.20. The van der Waals surface area contributed by atoms with Crippen molar-refractivity contribution in [2.45, 2.75) is 57.6 Å². The number of imidazole rings is 1. The molecule has 1 amide bonds. The molecular weight excluding hydrogens is 302 g/mol. The molecule has 3 rings (SSSR count). The highest BCUT2D eigenvalue weighted by molar-refractivity contribution is 5.97. The molecule has 5 heteroatoms. The number of rotatable bonds is 5. The maximum atomic E-state index is 12.3. The van der Waals surface area contributed by atoms with Gasteiger partial charge in [0, 0.05) is 30.5 Å². The largest absolute Gasteiger partial charge is 0.380 e. The molecule has 1 aromatic heterocycles. The second-order valence-electron chi connectivity index (χ2n) is 6.96. The van der Waals surface area contributed by atoms with Crippen LogP contribution in [0.25, 0.3) is 0 Å². The van der Waals surface area contributed by atoms with Gasteiger partial charge in [-0.05, 0) is 43.4 Å². The summed E-state index contributed by atoms with van der Waals surface area (Å²) in [6.45, 7) is 4.96. The molecule has 1 aliphatic carbocycles. The van der Waals surface area contributed by atoms with Crippen LogP contribution < -0.4 is 5.32 Å². The quantitative estimate of drug-likeness (QED) is 0.885. The summed E-state index contributed by atoms with van der Waals surface area (Å²) in [5, 5.41) is 13.2. The Labute approximate surface area is 142 Å². The normalized spacial score (nSPS) is 16.5. The van der Waals surface area contributed by atoms with Gasteiger partial charge in [-0.25, -0.2) is 4.98 Å². The molecule has 2 aromatic rings. The van der Waals surface area contributed by atoms with E-state index in [0.29, 0.717) is 25.3 Å². The number of nitrogens with zero attached hydrogens (tertiary/aromatic N) is 2. The number of anilines is 1. The average Bonchev–Trinajstić information content (AvgIpc) is 3.17. The Morgan fingerprint density at radius 1 is 1.38 bits per heavy atom. The summed E-state index contributed by atoms with van der Waals surface area (Å²) in [4.78, 5) is 16.7. The number of carbonyl (C=O) groups excluding carboxylic acids is 1. The van der Waals surface area contributed by atoms with Gasteiger partial charge < -0.3 is 15.0 Å². The van der Waals surface area contributed by atoms with Crippen molar-refractivity contribution in [2.75, 3.05) is 5.32 Å². The van der Waals surface area contributed by atoms with Crippen molar-refractivity contribution >= 4 is 11.6 Å². The lowest BCUT2D eigenvalue weighted by molar-refractivity contribution is -0.133. The highest BCUT2D eigenvalue weighted by Crippen LogP contribution is 2.30. The third kappa shape index (κ3) is 3.51. The zero-order chi connectivity index (χ0) is 17.2. The van der Waals surface area contributed by atoms with Gasteiger partial charge in [0.15, 0.2) is 0 Å². The van der Waals surface area contributed by atoms with Gasteiger partial charge in [0.1, 0.15) is 11.4 Å². The monoisotopic (exact) mass is 327 g/mol. The van der Waals surface area contributed by atoms with Crippen LogP contribution in [-0.2, 0) is 11.3 Å². The smallest absolute Gasteiger partial charge is 0.256 e. The first-order chi connectivity index (χ1) is 11.5. The highest BCUT2D eigenvalue weighted by atomic mass is 16.3. The summed E-state index contributed by atoms with van der Waals surface area (Å²) in [7, 11) is 0. The van der Waals surface area contributed by atoms with Crippen LogP contribution in [0.1, 0.15) is 56.8 Å². The molecular formula is C19H25N3O2. The van der Waals surface area contributed by atoms with Gasteiger partial charge in [-0.15, -0.1) is 0 Å². The average molecular weight is 327 g/mol. The molecule has 1 aromatic carbocycles. The van der Waals surface area contributed by atoms with Crippen LogP contribution in [0.2, 0.25) is 0 Å². The second-order valence-corrected chi connectivity index (χ2v) is 6.96. The standard InChI is InChI=1S/C19H25N3O2/c1-14(2)17-20-10-11-22(17)13-15-6-5-7-16(12-15)21-18(23)19(24)8-3-4-9-19/h5-7,10-12,14,24H,3-4,8-9,13H2,1-2H3,(H,21,23). The Morgan fingerprint density at radius 3 is 2.83 bits per heavy atom. The van der Waals surface area contributed by atoms with E-state index < -0.39 is 5.60 Å². The second kappa shape index (κ2) is 6.77. The van der Waals surface area contributed by atoms with Crippen molar-refractivity contribution in [2.24, 2.45) is 0 Å². The first-order valence-corrected chi connectivity index (χ1v) is 8.62. The molecule has 24 heavy (non-hydrogen) atoms. The van der Waals surface area contributed by atoms with Crippen molar-refractivity contribution in [3.05, 3.63) is 48.0 Å². The van der Waals surface area contributed by atoms with E-state index in [0.717, 1.165) is 29.9 Å². The topological polar surface area (TPSA) is 67.2 Å². The molecule has 5 nitrogen and oxygen atoms in total.